The van der Waals surface area contributed by atoms with Crippen LogP contribution in [0, 0.1) is 12.8 Å². The highest BCUT2D eigenvalue weighted by molar-refractivity contribution is 6.09. The van der Waals surface area contributed by atoms with Gasteiger partial charge in [-0.2, -0.15) is 0 Å². The van der Waals surface area contributed by atoms with Crippen molar-refractivity contribution in [3.63, 3.8) is 0 Å². The van der Waals surface area contributed by atoms with E-state index >= 15 is 0 Å². The lowest BCUT2D eigenvalue weighted by Crippen LogP contribution is -2.54. The zero-order valence-electron chi connectivity index (χ0n) is 14.8. The smallest absolute Gasteiger partial charge is 0.325 e. The third-order valence-electron chi connectivity index (χ3n) is 5.54. The fraction of sp³-hybridized carbons (Fsp3) is 0.526. The Labute approximate surface area is 148 Å². The Hall–Kier alpha value is -2.37. The van der Waals surface area contributed by atoms with Crippen molar-refractivity contribution in [3.8, 4) is 0 Å². The van der Waals surface area contributed by atoms with Gasteiger partial charge in [0.05, 0.1) is 0 Å². The topological polar surface area (TPSA) is 78.5 Å². The molecule has 0 radical (unpaired) electrons. The second kappa shape index (κ2) is 6.86. The number of imide groups is 1. The quantitative estimate of drug-likeness (QED) is 0.822. The third kappa shape index (κ3) is 3.25. The summed E-state index contributed by atoms with van der Waals surface area (Å²) in [5.41, 5.74) is 1.30. The largest absolute Gasteiger partial charge is 0.350 e. The Bertz CT molecular complexity index is 703. The molecule has 1 saturated carbocycles. The molecule has 0 bridgehead atoms. The van der Waals surface area contributed by atoms with E-state index in [0.29, 0.717) is 13.0 Å². The van der Waals surface area contributed by atoms with Crippen LogP contribution in [0.25, 0.3) is 0 Å². The summed E-state index contributed by atoms with van der Waals surface area (Å²) in [6.45, 7) is 4.13. The number of hydrogen-bond acceptors (Lipinski definition) is 3. The molecular formula is C19H25N3O3. The van der Waals surface area contributed by atoms with Gasteiger partial charge < -0.3 is 10.6 Å². The Kier molecular flexibility index (Phi) is 4.79. The maximum Gasteiger partial charge on any atom is 0.325 e. The standard InChI is InChI=1S/C19H25N3O3/c1-13-7-3-4-9-15(13)11-20-16(23)12-22-17(24)19(21-18(22)25)10-6-5-8-14(19)2/h3-4,7,9,14H,5-6,8,10-12H2,1-2H3,(H,20,23)(H,21,25)/t14-,19-/m1/s1. The highest BCUT2D eigenvalue weighted by Crippen LogP contribution is 2.38. The fourth-order valence-electron chi connectivity index (χ4n) is 3.84. The highest BCUT2D eigenvalue weighted by atomic mass is 16.2. The molecular weight excluding hydrogens is 318 g/mol. The summed E-state index contributed by atoms with van der Waals surface area (Å²) in [4.78, 5) is 38.4. The van der Waals surface area contributed by atoms with E-state index in [2.05, 4.69) is 10.6 Å². The van der Waals surface area contributed by atoms with E-state index in [1.165, 1.54) is 0 Å². The van der Waals surface area contributed by atoms with E-state index < -0.39 is 11.6 Å². The summed E-state index contributed by atoms with van der Waals surface area (Å²) in [7, 11) is 0. The number of amides is 4. The molecule has 2 N–H and O–H groups in total. The first-order chi connectivity index (χ1) is 11.9. The number of benzene rings is 1. The first-order valence-corrected chi connectivity index (χ1v) is 8.89. The Balaban J connectivity index is 1.62. The van der Waals surface area contributed by atoms with E-state index in [9.17, 15) is 14.4 Å². The van der Waals surface area contributed by atoms with E-state index in [-0.39, 0.29) is 24.3 Å². The molecule has 0 unspecified atom stereocenters. The molecule has 6 nitrogen and oxygen atoms in total. The van der Waals surface area contributed by atoms with Crippen molar-refractivity contribution in [3.05, 3.63) is 35.4 Å². The van der Waals surface area contributed by atoms with Gasteiger partial charge >= 0.3 is 6.03 Å². The summed E-state index contributed by atoms with van der Waals surface area (Å²) >= 11 is 0. The lowest BCUT2D eigenvalue weighted by Gasteiger charge is -2.36. The minimum atomic E-state index is -0.814. The van der Waals surface area contributed by atoms with Crippen LogP contribution >= 0.6 is 0 Å². The average molecular weight is 343 g/mol. The Morgan fingerprint density at radius 1 is 1.32 bits per heavy atom. The molecule has 2 atom stereocenters. The summed E-state index contributed by atoms with van der Waals surface area (Å²) in [6.07, 6.45) is 3.56. The van der Waals surface area contributed by atoms with Crippen LogP contribution in [0.15, 0.2) is 24.3 Å². The van der Waals surface area contributed by atoms with Crippen molar-refractivity contribution in [2.75, 3.05) is 6.54 Å². The molecule has 1 aliphatic heterocycles. The van der Waals surface area contributed by atoms with Gasteiger partial charge in [0.2, 0.25) is 5.91 Å². The first-order valence-electron chi connectivity index (χ1n) is 8.89. The predicted octanol–water partition coefficient (Wildman–Crippen LogP) is 2.11. The molecule has 0 aromatic heterocycles. The minimum absolute atomic E-state index is 0.0951. The Morgan fingerprint density at radius 3 is 2.80 bits per heavy atom. The number of carbonyl (C=O) groups excluding carboxylic acids is 3. The van der Waals surface area contributed by atoms with Gasteiger partial charge in [0.1, 0.15) is 12.1 Å². The molecule has 1 aromatic rings. The molecule has 4 amide bonds. The molecule has 2 aliphatic rings. The number of nitrogens with one attached hydrogen (secondary N) is 2. The Morgan fingerprint density at radius 2 is 2.08 bits per heavy atom. The molecule has 1 spiro atoms. The molecule has 3 rings (SSSR count). The summed E-state index contributed by atoms with van der Waals surface area (Å²) in [5.74, 6) is -0.485. The van der Waals surface area contributed by atoms with E-state index in [1.54, 1.807) is 0 Å². The predicted molar refractivity (Wildman–Crippen MR) is 93.6 cm³/mol. The van der Waals surface area contributed by atoms with Crippen LogP contribution in [0.3, 0.4) is 0 Å². The van der Waals surface area contributed by atoms with Crippen molar-refractivity contribution in [1.82, 2.24) is 15.5 Å². The second-order valence-electron chi connectivity index (χ2n) is 7.14. The van der Waals surface area contributed by atoms with Gasteiger partial charge in [-0.25, -0.2) is 4.79 Å². The molecule has 1 saturated heterocycles. The number of hydrogen-bond donors (Lipinski definition) is 2. The van der Waals surface area contributed by atoms with Gasteiger partial charge in [-0.05, 0) is 36.8 Å². The fourth-order valence-corrected chi connectivity index (χ4v) is 3.84. The number of rotatable bonds is 4. The second-order valence-corrected chi connectivity index (χ2v) is 7.14. The van der Waals surface area contributed by atoms with Gasteiger partial charge in [0.15, 0.2) is 0 Å². The van der Waals surface area contributed by atoms with E-state index in [4.69, 9.17) is 0 Å². The monoisotopic (exact) mass is 343 g/mol. The maximum atomic E-state index is 12.8. The number of carbonyl (C=O) groups is 3. The number of aryl methyl sites for hydroxylation is 1. The lowest BCUT2D eigenvalue weighted by molar-refractivity contribution is -0.137. The number of urea groups is 1. The van der Waals surface area contributed by atoms with E-state index in [0.717, 1.165) is 35.3 Å². The molecule has 134 valence electrons. The van der Waals surface area contributed by atoms with Gasteiger partial charge in [0.25, 0.3) is 5.91 Å². The van der Waals surface area contributed by atoms with Gasteiger partial charge in [-0.1, -0.05) is 44.0 Å². The molecule has 25 heavy (non-hydrogen) atoms. The van der Waals surface area contributed by atoms with Crippen molar-refractivity contribution in [1.29, 1.82) is 0 Å². The lowest BCUT2D eigenvalue weighted by atomic mass is 9.73. The molecule has 6 heteroatoms. The van der Waals surface area contributed by atoms with E-state index in [1.807, 2.05) is 38.1 Å². The summed E-state index contributed by atoms with van der Waals surface area (Å²) < 4.78 is 0. The first kappa shape index (κ1) is 17.5. The minimum Gasteiger partial charge on any atom is -0.350 e. The highest BCUT2D eigenvalue weighted by Gasteiger charge is 2.55. The average Bonchev–Trinajstić information content (AvgIpc) is 2.82. The van der Waals surface area contributed by atoms with Gasteiger partial charge in [-0.15, -0.1) is 0 Å². The van der Waals surface area contributed by atoms with Crippen LogP contribution < -0.4 is 10.6 Å². The van der Waals surface area contributed by atoms with Crippen molar-refractivity contribution in [2.45, 2.75) is 51.6 Å². The zero-order chi connectivity index (χ0) is 18.0. The van der Waals surface area contributed by atoms with Crippen LogP contribution in [0.2, 0.25) is 0 Å². The van der Waals surface area contributed by atoms with Crippen LogP contribution in [0.5, 0.6) is 0 Å². The van der Waals surface area contributed by atoms with Crippen molar-refractivity contribution < 1.29 is 14.4 Å². The summed E-state index contributed by atoms with van der Waals surface area (Å²) in [5, 5.41) is 5.66. The van der Waals surface area contributed by atoms with Crippen molar-refractivity contribution >= 4 is 17.8 Å². The molecule has 2 fully saturated rings. The number of nitrogens with zero attached hydrogens (tertiary/aromatic N) is 1. The SMILES string of the molecule is Cc1ccccc1CNC(=O)CN1C(=O)N[C@@]2(CCCC[C@H]2C)C1=O. The van der Waals surface area contributed by atoms with Crippen LogP contribution in [-0.2, 0) is 16.1 Å². The maximum absolute atomic E-state index is 12.8. The molecule has 1 heterocycles. The summed E-state index contributed by atoms with van der Waals surface area (Å²) in [6, 6.07) is 7.33. The van der Waals surface area contributed by atoms with Crippen LogP contribution in [-0.4, -0.2) is 34.8 Å². The van der Waals surface area contributed by atoms with Gasteiger partial charge in [-0.3, -0.25) is 14.5 Å². The molecule has 1 aliphatic carbocycles. The normalized spacial score (nSPS) is 26.0. The third-order valence-corrected chi connectivity index (χ3v) is 5.54. The van der Waals surface area contributed by atoms with Crippen molar-refractivity contribution in [2.24, 2.45) is 5.92 Å². The van der Waals surface area contributed by atoms with Crippen LogP contribution in [0.4, 0.5) is 4.79 Å². The zero-order valence-corrected chi connectivity index (χ0v) is 14.8. The van der Waals surface area contributed by atoms with Crippen LogP contribution in [0.1, 0.15) is 43.7 Å². The van der Waals surface area contributed by atoms with Gasteiger partial charge in [0, 0.05) is 6.54 Å². The molecule has 1 aromatic carbocycles.